The van der Waals surface area contributed by atoms with Crippen LogP contribution in [0.5, 0.6) is 5.75 Å². The number of carbonyl (C=O) groups excluding carboxylic acids is 1. The zero-order valence-corrected chi connectivity index (χ0v) is 14.6. The topological polar surface area (TPSA) is 79.3 Å². The summed E-state index contributed by atoms with van der Waals surface area (Å²) in [5.41, 5.74) is 5.91. The van der Waals surface area contributed by atoms with E-state index < -0.39 is 6.09 Å². The first-order valence-corrected chi connectivity index (χ1v) is 8.09. The van der Waals surface area contributed by atoms with Crippen molar-refractivity contribution in [3.05, 3.63) is 23.8 Å². The maximum absolute atomic E-state index is 12.6. The van der Waals surface area contributed by atoms with Crippen molar-refractivity contribution < 1.29 is 9.53 Å². The summed E-state index contributed by atoms with van der Waals surface area (Å²) in [5.74, 6) is 0.209. The lowest BCUT2D eigenvalue weighted by molar-refractivity contribution is 0.105. The average Bonchev–Trinajstić information content (AvgIpc) is 2.46. The Balaban J connectivity index is 2.86. The van der Waals surface area contributed by atoms with Crippen LogP contribution in [0.1, 0.15) is 58.9 Å². The molecule has 2 N–H and O–H groups in total. The highest BCUT2D eigenvalue weighted by Gasteiger charge is 2.28. The molecule has 0 aliphatic rings. The molecule has 0 saturated carbocycles. The molecule has 23 heavy (non-hydrogen) atoms. The number of nitrogens with zero attached hydrogens (tertiary/aromatic N) is 2. The molecule has 1 aromatic carbocycles. The highest BCUT2D eigenvalue weighted by molar-refractivity contribution is 5.74. The van der Waals surface area contributed by atoms with Crippen LogP contribution in [0.25, 0.3) is 0 Å². The molecule has 1 aromatic rings. The van der Waals surface area contributed by atoms with Gasteiger partial charge >= 0.3 is 6.09 Å². The fourth-order valence-corrected chi connectivity index (χ4v) is 2.30. The van der Waals surface area contributed by atoms with Gasteiger partial charge in [-0.15, -0.1) is 0 Å². The van der Waals surface area contributed by atoms with Gasteiger partial charge < -0.3 is 15.4 Å². The minimum atomic E-state index is -0.448. The third-order valence-corrected chi connectivity index (χ3v) is 3.63. The Kier molecular flexibility index (Phi) is 6.89. The Morgan fingerprint density at radius 3 is 2.57 bits per heavy atom. The summed E-state index contributed by atoms with van der Waals surface area (Å²) < 4.78 is 5.45. The standard InChI is InChI=1S/C18H27N3O2/c1-5-6-7-8-12-21(18(2,3)4)17(22)23-16-11-9-10-15(20)14(16)13-19/h9-11H,5-8,12,20H2,1-4H3. The fraction of sp³-hybridized carbons (Fsp3) is 0.556. The Morgan fingerprint density at radius 1 is 1.30 bits per heavy atom. The average molecular weight is 317 g/mol. The van der Waals surface area contributed by atoms with E-state index in [1.54, 1.807) is 23.1 Å². The van der Waals surface area contributed by atoms with Crippen molar-refractivity contribution >= 4 is 11.8 Å². The van der Waals surface area contributed by atoms with Crippen molar-refractivity contribution in [3.63, 3.8) is 0 Å². The molecule has 0 radical (unpaired) electrons. The molecule has 5 nitrogen and oxygen atoms in total. The quantitative estimate of drug-likeness (QED) is 0.626. The second-order valence-electron chi connectivity index (χ2n) is 6.58. The molecule has 0 aromatic heterocycles. The van der Waals surface area contributed by atoms with Gasteiger partial charge in [-0.2, -0.15) is 5.26 Å². The number of hydrogen-bond donors (Lipinski definition) is 1. The first-order valence-electron chi connectivity index (χ1n) is 8.09. The van der Waals surface area contributed by atoms with E-state index in [0.717, 1.165) is 25.7 Å². The van der Waals surface area contributed by atoms with E-state index in [4.69, 9.17) is 10.5 Å². The molecule has 0 heterocycles. The molecular formula is C18H27N3O2. The van der Waals surface area contributed by atoms with Crippen molar-refractivity contribution in [3.8, 4) is 11.8 Å². The molecule has 126 valence electrons. The largest absolute Gasteiger partial charge is 0.415 e. The fourth-order valence-electron chi connectivity index (χ4n) is 2.30. The first-order chi connectivity index (χ1) is 10.8. The van der Waals surface area contributed by atoms with Gasteiger partial charge in [0.25, 0.3) is 0 Å². The number of anilines is 1. The number of rotatable bonds is 6. The van der Waals surface area contributed by atoms with Gasteiger partial charge in [-0.3, -0.25) is 0 Å². The smallest absolute Gasteiger partial charge is 0.409 e. The van der Waals surface area contributed by atoms with Gasteiger partial charge in [0.2, 0.25) is 0 Å². The lowest BCUT2D eigenvalue weighted by atomic mass is 10.1. The minimum absolute atomic E-state index is 0.195. The summed E-state index contributed by atoms with van der Waals surface area (Å²) in [4.78, 5) is 14.3. The van der Waals surface area contributed by atoms with Crippen LogP contribution in [0.3, 0.4) is 0 Å². The molecule has 0 saturated heterocycles. The van der Waals surface area contributed by atoms with Gasteiger partial charge in [0, 0.05) is 12.1 Å². The second kappa shape index (κ2) is 8.42. The minimum Gasteiger partial charge on any atom is -0.409 e. The molecule has 1 rings (SSSR count). The van der Waals surface area contributed by atoms with E-state index in [-0.39, 0.29) is 16.9 Å². The van der Waals surface area contributed by atoms with E-state index in [1.165, 1.54) is 0 Å². The third-order valence-electron chi connectivity index (χ3n) is 3.63. The number of ether oxygens (including phenoxy) is 1. The van der Waals surface area contributed by atoms with E-state index in [0.29, 0.717) is 12.2 Å². The Bertz CT molecular complexity index is 571. The van der Waals surface area contributed by atoms with Crippen LogP contribution < -0.4 is 10.5 Å². The zero-order valence-electron chi connectivity index (χ0n) is 14.6. The lowest BCUT2D eigenvalue weighted by Gasteiger charge is -2.34. The van der Waals surface area contributed by atoms with Gasteiger partial charge in [-0.25, -0.2) is 4.79 Å². The monoisotopic (exact) mass is 317 g/mol. The Labute approximate surface area is 139 Å². The molecule has 0 fully saturated rings. The number of nitrogens with two attached hydrogens (primary N) is 1. The van der Waals surface area contributed by atoms with Crippen LogP contribution in [0.2, 0.25) is 0 Å². The Hall–Kier alpha value is -2.22. The summed E-state index contributed by atoms with van der Waals surface area (Å²) in [5, 5.41) is 9.18. The van der Waals surface area contributed by atoms with Gasteiger partial charge in [0.15, 0.2) is 5.75 Å². The van der Waals surface area contributed by atoms with Crippen molar-refractivity contribution in [2.45, 2.75) is 58.9 Å². The van der Waals surface area contributed by atoms with E-state index in [9.17, 15) is 10.1 Å². The molecule has 0 aliphatic carbocycles. The molecule has 1 amide bonds. The number of amides is 1. The summed E-state index contributed by atoms with van der Waals surface area (Å²) >= 11 is 0. The second-order valence-corrected chi connectivity index (χ2v) is 6.58. The van der Waals surface area contributed by atoms with Crippen LogP contribution in [0.4, 0.5) is 10.5 Å². The van der Waals surface area contributed by atoms with Crippen LogP contribution in [-0.2, 0) is 0 Å². The summed E-state index contributed by atoms with van der Waals surface area (Å²) in [6, 6.07) is 6.86. The number of hydrogen-bond acceptors (Lipinski definition) is 4. The number of nitriles is 1. The molecule has 0 atom stereocenters. The summed E-state index contributed by atoms with van der Waals surface area (Å²) in [6.07, 6.45) is 3.87. The van der Waals surface area contributed by atoms with E-state index in [2.05, 4.69) is 6.92 Å². The molecule has 0 spiro atoms. The van der Waals surface area contributed by atoms with Crippen LogP contribution in [0.15, 0.2) is 18.2 Å². The number of carbonyl (C=O) groups is 1. The van der Waals surface area contributed by atoms with Gasteiger partial charge in [0.05, 0.1) is 5.69 Å². The maximum Gasteiger partial charge on any atom is 0.415 e. The lowest BCUT2D eigenvalue weighted by Crippen LogP contribution is -2.47. The van der Waals surface area contributed by atoms with Gasteiger partial charge in [0.1, 0.15) is 11.6 Å². The highest BCUT2D eigenvalue weighted by Crippen LogP contribution is 2.25. The van der Waals surface area contributed by atoms with Gasteiger partial charge in [-0.05, 0) is 39.3 Å². The van der Waals surface area contributed by atoms with Gasteiger partial charge in [-0.1, -0.05) is 32.3 Å². The van der Waals surface area contributed by atoms with E-state index in [1.807, 2.05) is 26.8 Å². The summed E-state index contributed by atoms with van der Waals surface area (Å²) in [7, 11) is 0. The highest BCUT2D eigenvalue weighted by atomic mass is 16.6. The zero-order chi connectivity index (χ0) is 17.5. The number of benzene rings is 1. The first kappa shape index (κ1) is 18.8. The molecule has 0 aliphatic heterocycles. The maximum atomic E-state index is 12.6. The SMILES string of the molecule is CCCCCCN(C(=O)Oc1cccc(N)c1C#N)C(C)(C)C. The van der Waals surface area contributed by atoms with Crippen LogP contribution in [0, 0.1) is 11.3 Å². The van der Waals surface area contributed by atoms with Crippen LogP contribution in [-0.4, -0.2) is 23.1 Å². The predicted octanol–water partition coefficient (Wildman–Crippen LogP) is 4.32. The normalized spacial score (nSPS) is 10.9. The van der Waals surface area contributed by atoms with Crippen molar-refractivity contribution in [1.29, 1.82) is 5.26 Å². The van der Waals surface area contributed by atoms with Crippen LogP contribution >= 0.6 is 0 Å². The molecular weight excluding hydrogens is 290 g/mol. The summed E-state index contributed by atoms with van der Waals surface area (Å²) in [6.45, 7) is 8.70. The predicted molar refractivity (Wildman–Crippen MR) is 92.2 cm³/mol. The Morgan fingerprint density at radius 2 is 2.00 bits per heavy atom. The molecule has 5 heteroatoms. The van der Waals surface area contributed by atoms with Crippen molar-refractivity contribution in [2.75, 3.05) is 12.3 Å². The molecule has 0 bridgehead atoms. The third kappa shape index (κ3) is 5.48. The molecule has 0 unspecified atom stereocenters. The van der Waals surface area contributed by atoms with E-state index >= 15 is 0 Å². The number of nitrogen functional groups attached to an aromatic ring is 1. The van der Waals surface area contributed by atoms with Crippen molar-refractivity contribution in [1.82, 2.24) is 4.90 Å². The number of unbranched alkanes of at least 4 members (excludes halogenated alkanes) is 3. The van der Waals surface area contributed by atoms with Crippen molar-refractivity contribution in [2.24, 2.45) is 0 Å².